The molecule has 23 heavy (non-hydrogen) atoms. The van der Waals surface area contributed by atoms with Crippen molar-refractivity contribution in [1.29, 1.82) is 0 Å². The Morgan fingerprint density at radius 1 is 1.30 bits per heavy atom. The minimum absolute atomic E-state index is 0.107. The van der Waals surface area contributed by atoms with Gasteiger partial charge >= 0.3 is 5.97 Å². The van der Waals surface area contributed by atoms with Crippen LogP contribution in [0.1, 0.15) is 26.8 Å². The monoisotopic (exact) mass is 329 g/mol. The number of carboxylic acid groups (broad SMARTS) is 1. The lowest BCUT2D eigenvalue weighted by molar-refractivity contribution is 0.0701. The molecular formula is C16H15N3O3S. The van der Waals surface area contributed by atoms with Crippen LogP contribution in [0.4, 0.5) is 5.82 Å². The lowest BCUT2D eigenvalue weighted by Crippen LogP contribution is -2.16. The maximum absolute atomic E-state index is 11.3. The Bertz CT molecular complexity index is 848. The van der Waals surface area contributed by atoms with E-state index in [1.807, 2.05) is 30.3 Å². The van der Waals surface area contributed by atoms with Gasteiger partial charge in [0.05, 0.1) is 18.0 Å². The van der Waals surface area contributed by atoms with Crippen LogP contribution in [0.3, 0.4) is 0 Å². The summed E-state index contributed by atoms with van der Waals surface area (Å²) in [5, 5.41) is 22.8. The SMILES string of the molecule is Cc1c(C(=O)O)sc2ncnc(N[C@@H](CO)c3ccccc3)c12. The van der Waals surface area contributed by atoms with Crippen molar-refractivity contribution in [1.82, 2.24) is 9.97 Å². The zero-order valence-electron chi connectivity index (χ0n) is 12.4. The van der Waals surface area contributed by atoms with Crippen LogP contribution in [0.5, 0.6) is 0 Å². The van der Waals surface area contributed by atoms with Gasteiger partial charge in [0.25, 0.3) is 0 Å². The first kappa shape index (κ1) is 15.4. The second-order valence-corrected chi connectivity index (χ2v) is 6.05. The van der Waals surface area contributed by atoms with Gasteiger partial charge in [-0.1, -0.05) is 30.3 Å². The number of hydrogen-bond donors (Lipinski definition) is 3. The molecule has 6 nitrogen and oxygen atoms in total. The van der Waals surface area contributed by atoms with Gasteiger partial charge in [0.1, 0.15) is 21.9 Å². The van der Waals surface area contributed by atoms with Crippen molar-refractivity contribution < 1.29 is 15.0 Å². The minimum atomic E-state index is -0.974. The Morgan fingerprint density at radius 2 is 2.04 bits per heavy atom. The summed E-state index contributed by atoms with van der Waals surface area (Å²) in [6, 6.07) is 9.19. The molecule has 118 valence electrons. The van der Waals surface area contributed by atoms with E-state index in [9.17, 15) is 15.0 Å². The van der Waals surface area contributed by atoms with Crippen molar-refractivity contribution in [2.24, 2.45) is 0 Å². The van der Waals surface area contributed by atoms with Crippen molar-refractivity contribution in [3.05, 3.63) is 52.7 Å². The molecular weight excluding hydrogens is 314 g/mol. The maximum atomic E-state index is 11.3. The number of nitrogens with zero attached hydrogens (tertiary/aromatic N) is 2. The van der Waals surface area contributed by atoms with Crippen LogP contribution in [0.15, 0.2) is 36.7 Å². The summed E-state index contributed by atoms with van der Waals surface area (Å²) < 4.78 is 0. The first-order valence-electron chi connectivity index (χ1n) is 7.01. The number of aliphatic hydroxyl groups excluding tert-OH is 1. The molecule has 0 bridgehead atoms. The smallest absolute Gasteiger partial charge is 0.346 e. The Morgan fingerprint density at radius 3 is 2.70 bits per heavy atom. The first-order valence-corrected chi connectivity index (χ1v) is 7.83. The zero-order chi connectivity index (χ0) is 16.4. The number of thiophene rings is 1. The maximum Gasteiger partial charge on any atom is 0.346 e. The Kier molecular flexibility index (Phi) is 4.22. The van der Waals surface area contributed by atoms with Crippen LogP contribution in [-0.4, -0.2) is 32.8 Å². The molecule has 0 saturated carbocycles. The van der Waals surface area contributed by atoms with Crippen LogP contribution in [0, 0.1) is 6.92 Å². The molecule has 3 N–H and O–H groups in total. The third kappa shape index (κ3) is 2.88. The fourth-order valence-electron chi connectivity index (χ4n) is 2.47. The molecule has 7 heteroatoms. The van der Waals surface area contributed by atoms with Gasteiger partial charge in [0, 0.05) is 0 Å². The lowest BCUT2D eigenvalue weighted by Gasteiger charge is -2.18. The lowest BCUT2D eigenvalue weighted by atomic mass is 10.1. The molecule has 0 aliphatic heterocycles. The Labute approximate surface area is 136 Å². The molecule has 0 amide bonds. The van der Waals surface area contributed by atoms with E-state index < -0.39 is 5.97 Å². The number of aliphatic hydroxyl groups is 1. The predicted molar refractivity (Wildman–Crippen MR) is 89.0 cm³/mol. The molecule has 3 rings (SSSR count). The summed E-state index contributed by atoms with van der Waals surface area (Å²) in [6.07, 6.45) is 1.39. The summed E-state index contributed by atoms with van der Waals surface area (Å²) in [5.74, 6) is -0.447. The van der Waals surface area contributed by atoms with Gasteiger partial charge in [0.2, 0.25) is 0 Å². The molecule has 0 aliphatic carbocycles. The van der Waals surface area contributed by atoms with Gasteiger partial charge in [-0.15, -0.1) is 11.3 Å². The number of fused-ring (bicyclic) bond motifs is 1. The normalized spacial score (nSPS) is 12.3. The van der Waals surface area contributed by atoms with Gasteiger partial charge < -0.3 is 15.5 Å². The standard InChI is InChI=1S/C16H15N3O3S/c1-9-12-14(17-8-18-15(12)23-13(9)16(21)22)19-11(7-20)10-5-3-2-4-6-10/h2-6,8,11,20H,7H2,1H3,(H,21,22)(H,17,18,19)/t11-/m0/s1. The summed E-state index contributed by atoms with van der Waals surface area (Å²) in [6.45, 7) is 1.64. The summed E-state index contributed by atoms with van der Waals surface area (Å²) in [7, 11) is 0. The highest BCUT2D eigenvalue weighted by atomic mass is 32.1. The number of carbonyl (C=O) groups is 1. The van der Waals surface area contributed by atoms with E-state index in [4.69, 9.17) is 0 Å². The summed E-state index contributed by atoms with van der Waals surface area (Å²) in [4.78, 5) is 20.6. The molecule has 0 fully saturated rings. The van der Waals surface area contributed by atoms with Crippen molar-refractivity contribution in [2.75, 3.05) is 11.9 Å². The molecule has 1 aromatic carbocycles. The largest absolute Gasteiger partial charge is 0.477 e. The van der Waals surface area contributed by atoms with Crippen molar-refractivity contribution in [2.45, 2.75) is 13.0 Å². The molecule has 0 aliphatic rings. The number of nitrogens with one attached hydrogen (secondary N) is 1. The molecule has 0 saturated heterocycles. The summed E-state index contributed by atoms with van der Waals surface area (Å²) in [5.41, 5.74) is 1.55. The Balaban J connectivity index is 2.04. The highest BCUT2D eigenvalue weighted by Crippen LogP contribution is 2.34. The van der Waals surface area contributed by atoms with Gasteiger partial charge in [-0.3, -0.25) is 0 Å². The second kappa shape index (κ2) is 6.31. The molecule has 3 aromatic rings. The number of anilines is 1. The second-order valence-electron chi connectivity index (χ2n) is 5.05. The molecule has 0 radical (unpaired) electrons. The summed E-state index contributed by atoms with van der Waals surface area (Å²) >= 11 is 1.12. The van der Waals surface area contributed by atoms with Crippen LogP contribution in [0.25, 0.3) is 10.2 Å². The molecule has 0 unspecified atom stereocenters. The van der Waals surface area contributed by atoms with Crippen LogP contribution >= 0.6 is 11.3 Å². The van der Waals surface area contributed by atoms with Gasteiger partial charge in [-0.05, 0) is 18.1 Å². The molecule has 2 aromatic heterocycles. The van der Waals surface area contributed by atoms with Crippen molar-refractivity contribution in [3.8, 4) is 0 Å². The quantitative estimate of drug-likeness (QED) is 0.666. The van der Waals surface area contributed by atoms with E-state index in [0.29, 0.717) is 21.6 Å². The fourth-order valence-corrected chi connectivity index (χ4v) is 3.46. The third-order valence-corrected chi connectivity index (χ3v) is 4.80. The Hall–Kier alpha value is -2.51. The van der Waals surface area contributed by atoms with Gasteiger partial charge in [-0.25, -0.2) is 14.8 Å². The van der Waals surface area contributed by atoms with E-state index in [2.05, 4.69) is 15.3 Å². The molecule has 0 spiro atoms. The van der Waals surface area contributed by atoms with E-state index in [1.54, 1.807) is 6.92 Å². The third-order valence-electron chi connectivity index (χ3n) is 3.62. The highest BCUT2D eigenvalue weighted by Gasteiger charge is 2.20. The number of rotatable bonds is 5. The molecule has 1 atom stereocenters. The first-order chi connectivity index (χ1) is 11.1. The van der Waals surface area contributed by atoms with E-state index >= 15 is 0 Å². The van der Waals surface area contributed by atoms with Crippen LogP contribution in [-0.2, 0) is 0 Å². The molecule has 2 heterocycles. The van der Waals surface area contributed by atoms with E-state index in [1.165, 1.54) is 6.33 Å². The predicted octanol–water partition coefficient (Wildman–Crippen LogP) is 2.84. The minimum Gasteiger partial charge on any atom is -0.477 e. The average Bonchev–Trinajstić information content (AvgIpc) is 2.91. The number of hydrogen-bond acceptors (Lipinski definition) is 6. The van der Waals surface area contributed by atoms with Crippen molar-refractivity contribution >= 4 is 33.3 Å². The average molecular weight is 329 g/mol. The fraction of sp³-hybridized carbons (Fsp3) is 0.188. The number of aryl methyl sites for hydroxylation is 1. The zero-order valence-corrected chi connectivity index (χ0v) is 13.2. The number of benzene rings is 1. The highest BCUT2D eigenvalue weighted by molar-refractivity contribution is 7.20. The number of aromatic carboxylic acids is 1. The number of aromatic nitrogens is 2. The van der Waals surface area contributed by atoms with E-state index in [0.717, 1.165) is 16.9 Å². The topological polar surface area (TPSA) is 95.3 Å². The number of carboxylic acids is 1. The van der Waals surface area contributed by atoms with Gasteiger partial charge in [-0.2, -0.15) is 0 Å². The van der Waals surface area contributed by atoms with Crippen LogP contribution in [0.2, 0.25) is 0 Å². The van der Waals surface area contributed by atoms with Crippen LogP contribution < -0.4 is 5.32 Å². The van der Waals surface area contributed by atoms with Gasteiger partial charge in [0.15, 0.2) is 0 Å². The van der Waals surface area contributed by atoms with Crippen molar-refractivity contribution in [3.63, 3.8) is 0 Å². The van der Waals surface area contributed by atoms with E-state index in [-0.39, 0.29) is 17.5 Å².